The Labute approximate surface area is 212 Å². The van der Waals surface area contributed by atoms with E-state index in [9.17, 15) is 0 Å². The maximum Gasteiger partial charge on any atom is 4.00 e. The zero-order valence-electron chi connectivity index (χ0n) is 18.0. The van der Waals surface area contributed by atoms with Crippen LogP contribution in [-0.4, -0.2) is 0 Å². The van der Waals surface area contributed by atoms with Gasteiger partial charge in [0, 0.05) is 0 Å². The smallest absolute Gasteiger partial charge is 1.00 e. The van der Waals surface area contributed by atoms with E-state index in [1.807, 2.05) is 12.1 Å². The summed E-state index contributed by atoms with van der Waals surface area (Å²) in [6, 6.07) is 46.9. The summed E-state index contributed by atoms with van der Waals surface area (Å²) in [6.07, 6.45) is 0. The topological polar surface area (TPSA) is 0 Å². The van der Waals surface area contributed by atoms with E-state index in [1.165, 1.54) is 43.8 Å². The van der Waals surface area contributed by atoms with Crippen molar-refractivity contribution in [1.82, 2.24) is 0 Å². The van der Waals surface area contributed by atoms with Crippen molar-refractivity contribution in [2.75, 3.05) is 0 Å². The molecule has 0 spiro atoms. The van der Waals surface area contributed by atoms with Crippen LogP contribution in [0.5, 0.6) is 0 Å². The molecule has 0 aliphatic carbocycles. The van der Waals surface area contributed by atoms with Crippen molar-refractivity contribution in [3.05, 3.63) is 133 Å². The first-order valence-corrected chi connectivity index (χ1v) is 10.3. The van der Waals surface area contributed by atoms with Crippen LogP contribution >= 0.6 is 0 Å². The molecule has 6 aromatic rings. The predicted molar refractivity (Wildman–Crippen MR) is 130 cm³/mol. The third kappa shape index (κ3) is 6.00. The van der Waals surface area contributed by atoms with Gasteiger partial charge in [0.2, 0.25) is 0 Å². The minimum Gasteiger partial charge on any atom is -1.00 e. The SMILES string of the molecule is [F-].[F-].[Zr+4].c1ccc(-c2cc3ccccc3[cH-]2)cc1.c1ccc(-c2cc3ccccc3[cH-]2)cc1. The quantitative estimate of drug-likeness (QED) is 0.314. The van der Waals surface area contributed by atoms with Gasteiger partial charge in [-0.15, -0.1) is 69.1 Å². The minimum atomic E-state index is 0. The van der Waals surface area contributed by atoms with Crippen LogP contribution in [0.2, 0.25) is 0 Å². The Hall–Kier alpha value is -3.16. The molecule has 0 fully saturated rings. The molecule has 0 saturated heterocycles. The Bertz CT molecular complexity index is 1210. The molecular weight excluding hydrogens is 490 g/mol. The number of hydrogen-bond donors (Lipinski definition) is 0. The van der Waals surface area contributed by atoms with Crippen LogP contribution in [0.25, 0.3) is 43.8 Å². The Kier molecular flexibility index (Phi) is 9.63. The first-order chi connectivity index (χ1) is 14.9. The zero-order valence-corrected chi connectivity index (χ0v) is 20.4. The van der Waals surface area contributed by atoms with E-state index in [2.05, 4.69) is 121 Å². The summed E-state index contributed by atoms with van der Waals surface area (Å²) in [7, 11) is 0. The molecule has 0 atom stereocenters. The van der Waals surface area contributed by atoms with E-state index in [1.54, 1.807) is 0 Å². The van der Waals surface area contributed by atoms with Crippen LogP contribution < -0.4 is 9.41 Å². The molecule has 0 N–H and O–H groups in total. The fraction of sp³-hybridized carbons (Fsp3) is 0. The van der Waals surface area contributed by atoms with Gasteiger partial charge in [-0.25, -0.2) is 0 Å². The molecule has 33 heavy (non-hydrogen) atoms. The molecule has 0 bridgehead atoms. The van der Waals surface area contributed by atoms with E-state index < -0.39 is 0 Å². The molecule has 0 aliphatic rings. The van der Waals surface area contributed by atoms with Gasteiger partial charge in [-0.3, -0.25) is 0 Å². The Morgan fingerprint density at radius 3 is 1.09 bits per heavy atom. The number of halogens is 2. The molecule has 0 amide bonds. The van der Waals surface area contributed by atoms with E-state index >= 15 is 0 Å². The summed E-state index contributed by atoms with van der Waals surface area (Å²) in [5, 5.41) is 5.26. The molecule has 0 nitrogen and oxygen atoms in total. The van der Waals surface area contributed by atoms with Gasteiger partial charge in [-0.1, -0.05) is 108 Å². The van der Waals surface area contributed by atoms with Crippen molar-refractivity contribution in [3.8, 4) is 22.3 Å². The van der Waals surface area contributed by atoms with Crippen molar-refractivity contribution in [3.63, 3.8) is 0 Å². The van der Waals surface area contributed by atoms with Crippen LogP contribution in [0, 0.1) is 0 Å². The van der Waals surface area contributed by atoms with Gasteiger partial charge in [-0.2, -0.15) is 0 Å². The first kappa shape index (κ1) is 26.1. The summed E-state index contributed by atoms with van der Waals surface area (Å²) in [5.74, 6) is 0. The third-order valence-corrected chi connectivity index (χ3v) is 5.45. The fourth-order valence-corrected chi connectivity index (χ4v) is 3.90. The van der Waals surface area contributed by atoms with E-state index in [0.717, 1.165) is 0 Å². The third-order valence-electron chi connectivity index (χ3n) is 5.45. The maximum absolute atomic E-state index is 2.24. The summed E-state index contributed by atoms with van der Waals surface area (Å²) in [6.45, 7) is 0. The van der Waals surface area contributed by atoms with Gasteiger partial charge in [-0.05, 0) is 0 Å². The van der Waals surface area contributed by atoms with Gasteiger partial charge in [0.05, 0.1) is 0 Å². The number of rotatable bonds is 2. The molecule has 3 heteroatoms. The van der Waals surface area contributed by atoms with Crippen molar-refractivity contribution < 1.29 is 35.6 Å². The molecule has 160 valence electrons. The fourth-order valence-electron chi connectivity index (χ4n) is 3.90. The Balaban J connectivity index is 0.000000214. The van der Waals surface area contributed by atoms with E-state index in [4.69, 9.17) is 0 Å². The number of hydrogen-bond acceptors (Lipinski definition) is 0. The molecule has 0 aliphatic heterocycles. The molecule has 0 radical (unpaired) electrons. The second kappa shape index (κ2) is 12.2. The maximum atomic E-state index is 2.24. The van der Waals surface area contributed by atoms with Crippen LogP contribution in [0.15, 0.2) is 133 Å². The summed E-state index contributed by atoms with van der Waals surface area (Å²) >= 11 is 0. The summed E-state index contributed by atoms with van der Waals surface area (Å²) in [5.41, 5.74) is 5.18. The first-order valence-electron chi connectivity index (χ1n) is 10.3. The van der Waals surface area contributed by atoms with Crippen molar-refractivity contribution >= 4 is 21.5 Å². The standard InChI is InChI=1S/2C15H11.2FH.Zr/c2*1-2-6-12(7-3-1)15-10-13-8-4-5-9-14(13)11-15;;;/h2*1-11H;2*1H;/q2*-1;;;+4/p-2. The summed E-state index contributed by atoms with van der Waals surface area (Å²) in [4.78, 5) is 0. The van der Waals surface area contributed by atoms with E-state index in [-0.39, 0.29) is 35.6 Å². The number of benzene rings is 4. The average molecular weight is 512 g/mol. The van der Waals surface area contributed by atoms with E-state index in [0.29, 0.717) is 0 Å². The monoisotopic (exact) mass is 510 g/mol. The second-order valence-corrected chi connectivity index (χ2v) is 7.48. The Morgan fingerprint density at radius 1 is 0.394 bits per heavy atom. The Morgan fingerprint density at radius 2 is 0.727 bits per heavy atom. The van der Waals surface area contributed by atoms with Crippen LogP contribution in [0.4, 0.5) is 0 Å². The second-order valence-electron chi connectivity index (χ2n) is 7.48. The minimum absolute atomic E-state index is 0. The normalized spacial score (nSPS) is 9.70. The molecule has 0 saturated carbocycles. The molecule has 6 aromatic carbocycles. The molecular formula is C30H22F2Zr. The van der Waals surface area contributed by atoms with Crippen molar-refractivity contribution in [2.24, 2.45) is 0 Å². The van der Waals surface area contributed by atoms with Crippen LogP contribution in [0.3, 0.4) is 0 Å². The predicted octanol–water partition coefficient (Wildman–Crippen LogP) is 2.46. The molecule has 0 unspecified atom stereocenters. The molecule has 6 rings (SSSR count). The van der Waals surface area contributed by atoms with Crippen molar-refractivity contribution in [1.29, 1.82) is 0 Å². The zero-order chi connectivity index (χ0) is 20.2. The van der Waals surface area contributed by atoms with Gasteiger partial charge >= 0.3 is 26.2 Å². The van der Waals surface area contributed by atoms with Gasteiger partial charge in [0.25, 0.3) is 0 Å². The van der Waals surface area contributed by atoms with Gasteiger partial charge in [0.15, 0.2) is 0 Å². The molecule has 0 aromatic heterocycles. The summed E-state index contributed by atoms with van der Waals surface area (Å²) < 4.78 is 0. The van der Waals surface area contributed by atoms with Gasteiger partial charge < -0.3 is 9.41 Å². The largest absolute Gasteiger partial charge is 4.00 e. The van der Waals surface area contributed by atoms with Crippen LogP contribution in [-0.2, 0) is 26.2 Å². The van der Waals surface area contributed by atoms with Gasteiger partial charge in [0.1, 0.15) is 0 Å². The number of fused-ring (bicyclic) bond motifs is 2. The molecule has 0 heterocycles. The van der Waals surface area contributed by atoms with Crippen LogP contribution in [0.1, 0.15) is 0 Å². The van der Waals surface area contributed by atoms with Crippen molar-refractivity contribution in [2.45, 2.75) is 0 Å². The average Bonchev–Trinajstić information content (AvgIpc) is 3.45.